The van der Waals surface area contributed by atoms with Crippen molar-refractivity contribution in [1.82, 2.24) is 18.8 Å². The van der Waals surface area contributed by atoms with E-state index in [1.54, 1.807) is 0 Å². The van der Waals surface area contributed by atoms with E-state index in [0.29, 0.717) is 0 Å². The van der Waals surface area contributed by atoms with E-state index in [1.807, 2.05) is 6.20 Å². The predicted octanol–water partition coefficient (Wildman–Crippen LogP) is 13.4. The van der Waals surface area contributed by atoms with Crippen molar-refractivity contribution in [3.05, 3.63) is 130 Å². The van der Waals surface area contributed by atoms with Crippen LogP contribution in [0.2, 0.25) is 0 Å². The molecular formula is C50H61N5. The molecule has 0 saturated heterocycles. The Bertz CT molecular complexity index is 2400. The first kappa shape index (κ1) is 38.4. The maximum absolute atomic E-state index is 5.94. The first-order valence-corrected chi connectivity index (χ1v) is 20.4. The van der Waals surface area contributed by atoms with Crippen molar-refractivity contribution in [2.75, 3.05) is 0 Å². The molecule has 3 heterocycles. The molecule has 55 heavy (non-hydrogen) atoms. The fourth-order valence-electron chi connectivity index (χ4n) is 8.23. The predicted molar refractivity (Wildman–Crippen MR) is 235 cm³/mol. The average Bonchev–Trinajstić information content (AvgIpc) is 3.61. The molecule has 0 aliphatic rings. The molecular weight excluding hydrogens is 671 g/mol. The first-order chi connectivity index (χ1) is 25.9. The van der Waals surface area contributed by atoms with Crippen molar-refractivity contribution >= 4 is 33.0 Å². The van der Waals surface area contributed by atoms with Gasteiger partial charge in [0.05, 0.1) is 27.9 Å². The van der Waals surface area contributed by atoms with Crippen molar-refractivity contribution in [3.63, 3.8) is 0 Å². The van der Waals surface area contributed by atoms with Gasteiger partial charge in [-0.05, 0) is 104 Å². The molecule has 0 N–H and O–H groups in total. The minimum atomic E-state index is 0.00408. The van der Waals surface area contributed by atoms with Gasteiger partial charge in [0.2, 0.25) is 5.62 Å². The van der Waals surface area contributed by atoms with Gasteiger partial charge in [-0.15, -0.1) is 5.10 Å². The Labute approximate surface area is 328 Å². The van der Waals surface area contributed by atoms with Gasteiger partial charge in [0, 0.05) is 17.0 Å². The van der Waals surface area contributed by atoms with Crippen LogP contribution in [0.25, 0.3) is 44.3 Å². The van der Waals surface area contributed by atoms with Crippen LogP contribution in [0.3, 0.4) is 0 Å². The maximum atomic E-state index is 5.94. The molecule has 7 rings (SSSR count). The van der Waals surface area contributed by atoms with E-state index in [1.165, 1.54) is 55.5 Å². The quantitative estimate of drug-likeness (QED) is 0.161. The topological polar surface area (TPSA) is 40.0 Å². The minimum Gasteiger partial charge on any atom is -0.275 e. The monoisotopic (exact) mass is 731 g/mol. The third-order valence-electron chi connectivity index (χ3n) is 11.4. The lowest BCUT2D eigenvalue weighted by Gasteiger charge is -2.22. The second-order valence-electron chi connectivity index (χ2n) is 18.9. The zero-order valence-corrected chi connectivity index (χ0v) is 35.7. The van der Waals surface area contributed by atoms with Crippen LogP contribution in [0.4, 0.5) is 0 Å². The molecule has 286 valence electrons. The number of para-hydroxylation sites is 2. The molecule has 0 aliphatic carbocycles. The number of hydrogen-bond donors (Lipinski definition) is 0. The second kappa shape index (κ2) is 14.0. The summed E-state index contributed by atoms with van der Waals surface area (Å²) in [6.45, 7) is 32.2. The molecule has 0 saturated carbocycles. The van der Waals surface area contributed by atoms with Gasteiger partial charge in [-0.25, -0.2) is 9.66 Å². The highest BCUT2D eigenvalue weighted by atomic mass is 15.4. The number of imidazole rings is 1. The first-order valence-electron chi connectivity index (χ1n) is 20.4. The van der Waals surface area contributed by atoms with Gasteiger partial charge in [0.25, 0.3) is 0 Å². The highest BCUT2D eigenvalue weighted by Crippen LogP contribution is 2.38. The fraction of sp³-hybridized carbons (Fsp3) is 0.400. The Kier molecular flexibility index (Phi) is 9.76. The number of benzene rings is 4. The number of hydrogen-bond acceptors (Lipinski definition) is 2. The molecule has 0 amide bonds. The standard InChI is InChI=1S/C50H61N5/c1-30(2)36-18-15-19-37(31(3)4)45(36)53-44-22-17-27-51-47(44)54(46-38(32(5)6)20-16-21-39(46)33(7)8)48(53)52-55-42-25-23-34(49(9,10)11)28-40(42)41-29-35(50(12,13)14)24-26-43(41)55/h15-33H,1-14H3/b52-48+. The maximum Gasteiger partial charge on any atom is 0.239 e. The van der Waals surface area contributed by atoms with Gasteiger partial charge in [-0.3, -0.25) is 9.13 Å². The molecule has 0 radical (unpaired) electrons. The smallest absolute Gasteiger partial charge is 0.239 e. The summed E-state index contributed by atoms with van der Waals surface area (Å²) in [5.74, 6) is 1.15. The van der Waals surface area contributed by atoms with E-state index in [-0.39, 0.29) is 34.5 Å². The van der Waals surface area contributed by atoms with E-state index in [2.05, 4.69) is 196 Å². The molecule has 0 atom stereocenters. The summed E-state index contributed by atoms with van der Waals surface area (Å²) in [4.78, 5) is 5.22. The lowest BCUT2D eigenvalue weighted by molar-refractivity contribution is 0.590. The Balaban J connectivity index is 1.78. The summed E-state index contributed by atoms with van der Waals surface area (Å²) in [5.41, 5.74) is 15.1. The number of rotatable bonds is 7. The van der Waals surface area contributed by atoms with Crippen LogP contribution in [0, 0.1) is 0 Å². The van der Waals surface area contributed by atoms with Gasteiger partial charge in [-0.2, -0.15) is 0 Å². The number of fused-ring (bicyclic) bond motifs is 4. The van der Waals surface area contributed by atoms with E-state index in [4.69, 9.17) is 10.1 Å². The van der Waals surface area contributed by atoms with Gasteiger partial charge in [-0.1, -0.05) is 145 Å². The molecule has 0 aliphatic heterocycles. The van der Waals surface area contributed by atoms with Gasteiger partial charge < -0.3 is 0 Å². The molecule has 0 fully saturated rings. The molecule has 3 aromatic heterocycles. The summed E-state index contributed by atoms with van der Waals surface area (Å²) in [6, 6.07) is 31.9. The molecule has 4 aromatic carbocycles. The van der Waals surface area contributed by atoms with Crippen molar-refractivity contribution < 1.29 is 0 Å². The van der Waals surface area contributed by atoms with Crippen LogP contribution in [0.1, 0.15) is 154 Å². The van der Waals surface area contributed by atoms with Crippen LogP contribution >= 0.6 is 0 Å². The summed E-state index contributed by atoms with van der Waals surface area (Å²) in [7, 11) is 0. The number of aromatic nitrogens is 4. The van der Waals surface area contributed by atoms with Crippen LogP contribution < -0.4 is 5.62 Å². The average molecular weight is 732 g/mol. The van der Waals surface area contributed by atoms with Crippen LogP contribution in [-0.2, 0) is 10.8 Å². The van der Waals surface area contributed by atoms with Crippen LogP contribution in [0.15, 0.2) is 96.2 Å². The molecule has 5 nitrogen and oxygen atoms in total. The molecule has 5 heteroatoms. The zero-order valence-electron chi connectivity index (χ0n) is 35.7. The Morgan fingerprint density at radius 2 is 0.909 bits per heavy atom. The molecule has 0 bridgehead atoms. The summed E-state index contributed by atoms with van der Waals surface area (Å²) < 4.78 is 7.02. The van der Waals surface area contributed by atoms with Gasteiger partial charge in [0.15, 0.2) is 5.65 Å². The van der Waals surface area contributed by atoms with Crippen molar-refractivity contribution in [2.24, 2.45) is 5.10 Å². The van der Waals surface area contributed by atoms with Crippen LogP contribution in [-0.4, -0.2) is 18.8 Å². The van der Waals surface area contributed by atoms with Crippen molar-refractivity contribution in [1.29, 1.82) is 0 Å². The normalized spacial score (nSPS) is 13.3. The Hall–Kier alpha value is -4.90. The highest BCUT2D eigenvalue weighted by Gasteiger charge is 2.27. The van der Waals surface area contributed by atoms with Gasteiger partial charge >= 0.3 is 0 Å². The SMILES string of the molecule is CC(C)c1cccc(C(C)C)c1-n1/c(=N\n2c3ccc(C(C)(C)C)cc3c3cc(C(C)(C)C)ccc32)n(-c2c(C(C)C)cccc2C(C)C)c2ncccc21. The van der Waals surface area contributed by atoms with E-state index >= 15 is 0 Å². The minimum absolute atomic E-state index is 0.00408. The molecule has 0 spiro atoms. The van der Waals surface area contributed by atoms with E-state index in [0.717, 1.165) is 27.8 Å². The summed E-state index contributed by atoms with van der Waals surface area (Å²) in [6.07, 6.45) is 1.93. The third kappa shape index (κ3) is 6.64. The number of pyridine rings is 1. The lowest BCUT2D eigenvalue weighted by atomic mass is 9.85. The van der Waals surface area contributed by atoms with Gasteiger partial charge in [0.1, 0.15) is 0 Å². The van der Waals surface area contributed by atoms with Crippen molar-refractivity contribution in [2.45, 2.75) is 131 Å². The van der Waals surface area contributed by atoms with E-state index < -0.39 is 0 Å². The third-order valence-corrected chi connectivity index (χ3v) is 11.4. The molecule has 7 aromatic rings. The second-order valence-corrected chi connectivity index (χ2v) is 18.9. The summed E-state index contributed by atoms with van der Waals surface area (Å²) >= 11 is 0. The summed E-state index contributed by atoms with van der Waals surface area (Å²) in [5, 5.41) is 8.38. The number of nitrogens with zero attached hydrogens (tertiary/aromatic N) is 5. The van der Waals surface area contributed by atoms with Crippen molar-refractivity contribution in [3.8, 4) is 11.4 Å². The fourth-order valence-corrected chi connectivity index (χ4v) is 8.23. The largest absolute Gasteiger partial charge is 0.275 e. The Morgan fingerprint density at radius 3 is 1.31 bits per heavy atom. The Morgan fingerprint density at radius 1 is 0.491 bits per heavy atom. The van der Waals surface area contributed by atoms with Crippen LogP contribution in [0.5, 0.6) is 0 Å². The molecule has 0 unspecified atom stereocenters. The zero-order chi connectivity index (χ0) is 39.7. The lowest BCUT2D eigenvalue weighted by Crippen LogP contribution is -2.29. The highest BCUT2D eigenvalue weighted by molar-refractivity contribution is 6.08. The van der Waals surface area contributed by atoms with E-state index in [9.17, 15) is 0 Å².